The number of para-hydroxylation sites is 1. The number of aromatic nitrogens is 2. The van der Waals surface area contributed by atoms with Gasteiger partial charge in [-0.25, -0.2) is 9.37 Å². The lowest BCUT2D eigenvalue weighted by molar-refractivity contribution is 0.325. The van der Waals surface area contributed by atoms with E-state index in [1.807, 2.05) is 12.3 Å². The molecule has 7 heteroatoms. The Labute approximate surface area is 141 Å². The lowest BCUT2D eigenvalue weighted by atomic mass is 10.3. The lowest BCUT2D eigenvalue weighted by Crippen LogP contribution is -2.14. The van der Waals surface area contributed by atoms with E-state index in [9.17, 15) is 9.18 Å². The molecule has 0 radical (unpaired) electrons. The van der Waals surface area contributed by atoms with E-state index >= 15 is 0 Å². The Morgan fingerprint density at radius 1 is 1.39 bits per heavy atom. The van der Waals surface area contributed by atoms with Crippen LogP contribution in [0.25, 0.3) is 4.96 Å². The van der Waals surface area contributed by atoms with Crippen LogP contribution in [-0.2, 0) is 5.75 Å². The largest absolute Gasteiger partial charge is 0.490 e. The first kappa shape index (κ1) is 16.0. The van der Waals surface area contributed by atoms with E-state index in [2.05, 4.69) is 4.98 Å². The first-order valence-corrected chi connectivity index (χ1v) is 9.10. The number of rotatable bonds is 6. The minimum absolute atomic E-state index is 0.0491. The van der Waals surface area contributed by atoms with E-state index in [0.29, 0.717) is 23.1 Å². The average Bonchev–Trinajstić information content (AvgIpc) is 2.90. The van der Waals surface area contributed by atoms with Gasteiger partial charge in [0.2, 0.25) is 0 Å². The number of hydrogen-bond acceptors (Lipinski definition) is 5. The first-order chi connectivity index (χ1) is 11.1. The molecular weight excluding hydrogens is 335 g/mol. The number of aryl methyl sites for hydroxylation is 1. The van der Waals surface area contributed by atoms with Crippen molar-refractivity contribution in [2.75, 3.05) is 12.4 Å². The van der Waals surface area contributed by atoms with Crippen molar-refractivity contribution < 1.29 is 9.13 Å². The molecule has 120 valence electrons. The van der Waals surface area contributed by atoms with Gasteiger partial charge in [0.25, 0.3) is 5.56 Å². The minimum Gasteiger partial charge on any atom is -0.490 e. The number of fused-ring (bicyclic) bond motifs is 1. The molecule has 2 heterocycles. The second-order valence-electron chi connectivity index (χ2n) is 4.91. The Balaban J connectivity index is 1.53. The molecule has 0 spiro atoms. The predicted molar refractivity (Wildman–Crippen MR) is 92.1 cm³/mol. The monoisotopic (exact) mass is 350 g/mol. The van der Waals surface area contributed by atoms with Crippen LogP contribution in [0.2, 0.25) is 0 Å². The van der Waals surface area contributed by atoms with Crippen molar-refractivity contribution in [2.24, 2.45) is 0 Å². The first-order valence-electron chi connectivity index (χ1n) is 7.07. The highest BCUT2D eigenvalue weighted by molar-refractivity contribution is 7.98. The quantitative estimate of drug-likeness (QED) is 0.638. The van der Waals surface area contributed by atoms with E-state index in [1.54, 1.807) is 40.4 Å². The third-order valence-corrected chi connectivity index (χ3v) is 5.10. The van der Waals surface area contributed by atoms with Crippen molar-refractivity contribution in [1.29, 1.82) is 0 Å². The molecule has 0 aliphatic heterocycles. The summed E-state index contributed by atoms with van der Waals surface area (Å²) in [5.41, 5.74) is 1.61. The lowest BCUT2D eigenvalue weighted by Gasteiger charge is -2.06. The summed E-state index contributed by atoms with van der Waals surface area (Å²) in [6, 6.07) is 7.91. The molecule has 2 aromatic heterocycles. The summed E-state index contributed by atoms with van der Waals surface area (Å²) in [7, 11) is 0. The number of nitrogens with zero attached hydrogens (tertiary/aromatic N) is 2. The predicted octanol–water partition coefficient (Wildman–Crippen LogP) is 3.52. The van der Waals surface area contributed by atoms with Crippen LogP contribution in [0.5, 0.6) is 5.75 Å². The summed E-state index contributed by atoms with van der Waals surface area (Å²) in [6.07, 6.45) is 0. The van der Waals surface area contributed by atoms with E-state index in [1.165, 1.54) is 17.4 Å². The molecule has 0 N–H and O–H groups in total. The highest BCUT2D eigenvalue weighted by Crippen LogP contribution is 2.17. The molecule has 0 aliphatic rings. The van der Waals surface area contributed by atoms with Crippen molar-refractivity contribution in [2.45, 2.75) is 12.7 Å². The van der Waals surface area contributed by atoms with Gasteiger partial charge >= 0.3 is 0 Å². The fraction of sp³-hybridized carbons (Fsp3) is 0.250. The van der Waals surface area contributed by atoms with E-state index in [-0.39, 0.29) is 17.1 Å². The summed E-state index contributed by atoms with van der Waals surface area (Å²) in [6.45, 7) is 2.30. The molecular formula is C16H15FN2O2S2. The molecule has 0 amide bonds. The zero-order chi connectivity index (χ0) is 16.2. The molecule has 0 saturated carbocycles. The molecule has 3 aromatic rings. The maximum absolute atomic E-state index is 13.4. The summed E-state index contributed by atoms with van der Waals surface area (Å²) in [5, 5.41) is 1.92. The number of benzene rings is 1. The smallest absolute Gasteiger partial charge is 0.258 e. The van der Waals surface area contributed by atoms with Crippen LogP contribution in [0.4, 0.5) is 4.39 Å². The van der Waals surface area contributed by atoms with Crippen LogP contribution in [0.3, 0.4) is 0 Å². The maximum atomic E-state index is 13.4. The highest BCUT2D eigenvalue weighted by Gasteiger charge is 2.06. The van der Waals surface area contributed by atoms with Crippen molar-refractivity contribution in [3.05, 3.63) is 63.3 Å². The fourth-order valence-corrected chi connectivity index (χ4v) is 3.72. The summed E-state index contributed by atoms with van der Waals surface area (Å²) >= 11 is 3.06. The standard InChI is InChI=1S/C16H15FN2O2S2/c1-11-9-23-16-18-12(8-15(20)19(11)16)10-22-7-6-21-14-5-3-2-4-13(14)17/h2-5,8-9H,6-7,10H2,1H3. The summed E-state index contributed by atoms with van der Waals surface area (Å²) < 4.78 is 20.4. The second kappa shape index (κ2) is 7.14. The van der Waals surface area contributed by atoms with Gasteiger partial charge in [-0.15, -0.1) is 11.3 Å². The molecule has 0 saturated heterocycles. The minimum atomic E-state index is -0.356. The normalized spacial score (nSPS) is 11.0. The van der Waals surface area contributed by atoms with E-state index in [0.717, 1.165) is 11.4 Å². The van der Waals surface area contributed by atoms with Gasteiger partial charge in [0.05, 0.1) is 12.3 Å². The Kier molecular flexibility index (Phi) is 4.97. The molecule has 0 unspecified atom stereocenters. The molecule has 0 atom stereocenters. The number of halogens is 1. The Bertz CT molecular complexity index is 876. The van der Waals surface area contributed by atoms with Gasteiger partial charge in [-0.05, 0) is 19.1 Å². The molecule has 1 aromatic carbocycles. The summed E-state index contributed by atoms with van der Waals surface area (Å²) in [5.74, 6) is 1.23. The van der Waals surface area contributed by atoms with Crippen molar-refractivity contribution in [3.8, 4) is 5.75 Å². The molecule has 0 aliphatic carbocycles. The number of thioether (sulfide) groups is 1. The van der Waals surface area contributed by atoms with Crippen LogP contribution < -0.4 is 10.3 Å². The van der Waals surface area contributed by atoms with Crippen LogP contribution in [0.1, 0.15) is 11.4 Å². The second-order valence-corrected chi connectivity index (χ2v) is 6.85. The van der Waals surface area contributed by atoms with Gasteiger partial charge < -0.3 is 4.74 Å². The third-order valence-electron chi connectivity index (χ3n) is 3.20. The van der Waals surface area contributed by atoms with Gasteiger partial charge in [0, 0.05) is 28.6 Å². The molecule has 3 rings (SSSR count). The van der Waals surface area contributed by atoms with Crippen molar-refractivity contribution in [3.63, 3.8) is 0 Å². The van der Waals surface area contributed by atoms with E-state index in [4.69, 9.17) is 4.74 Å². The van der Waals surface area contributed by atoms with Gasteiger partial charge in [-0.3, -0.25) is 9.20 Å². The number of hydrogen-bond donors (Lipinski definition) is 0. The van der Waals surface area contributed by atoms with Gasteiger partial charge in [-0.2, -0.15) is 11.8 Å². The molecule has 0 bridgehead atoms. The zero-order valence-corrected chi connectivity index (χ0v) is 14.1. The topological polar surface area (TPSA) is 43.6 Å². The maximum Gasteiger partial charge on any atom is 0.258 e. The zero-order valence-electron chi connectivity index (χ0n) is 12.5. The fourth-order valence-electron chi connectivity index (χ4n) is 2.12. The molecule has 23 heavy (non-hydrogen) atoms. The van der Waals surface area contributed by atoms with Crippen LogP contribution >= 0.6 is 23.1 Å². The van der Waals surface area contributed by atoms with Crippen molar-refractivity contribution in [1.82, 2.24) is 9.38 Å². The van der Waals surface area contributed by atoms with Gasteiger partial charge in [0.1, 0.15) is 0 Å². The summed E-state index contributed by atoms with van der Waals surface area (Å²) in [4.78, 5) is 17.2. The van der Waals surface area contributed by atoms with Crippen LogP contribution in [-0.4, -0.2) is 21.7 Å². The number of ether oxygens (including phenoxy) is 1. The van der Waals surface area contributed by atoms with Crippen LogP contribution in [0, 0.1) is 12.7 Å². The third kappa shape index (κ3) is 3.73. The molecule has 0 fully saturated rings. The van der Waals surface area contributed by atoms with Gasteiger partial charge in [0.15, 0.2) is 16.5 Å². The SMILES string of the molecule is Cc1csc2nc(CSCCOc3ccccc3F)cc(=O)n12. The molecule has 4 nitrogen and oxygen atoms in total. The Morgan fingerprint density at radius 3 is 3.04 bits per heavy atom. The van der Waals surface area contributed by atoms with Crippen LogP contribution in [0.15, 0.2) is 40.5 Å². The number of thiazole rings is 1. The Hall–Kier alpha value is -1.86. The highest BCUT2D eigenvalue weighted by atomic mass is 32.2. The average molecular weight is 350 g/mol. The van der Waals surface area contributed by atoms with Gasteiger partial charge in [-0.1, -0.05) is 12.1 Å². The Morgan fingerprint density at radius 2 is 2.22 bits per heavy atom. The van der Waals surface area contributed by atoms with Crippen molar-refractivity contribution >= 4 is 28.1 Å². The van der Waals surface area contributed by atoms with E-state index < -0.39 is 0 Å².